The van der Waals surface area contributed by atoms with E-state index in [0.717, 1.165) is 47.8 Å². The third-order valence-electron chi connectivity index (χ3n) is 7.27. The van der Waals surface area contributed by atoms with Crippen molar-refractivity contribution in [3.8, 4) is 5.75 Å². The molecule has 2 atom stereocenters. The number of aromatic nitrogens is 1. The van der Waals surface area contributed by atoms with Crippen LogP contribution in [0.15, 0.2) is 58.6 Å². The number of hydrogen-bond donors (Lipinski definition) is 2. The SMILES string of the molecule is Cc1ccc(O[C@@H]([Si])[C@@H]2CCN2C)cc1C(=O)NC1(c2c[c]([In]/[CH]=C\C=N)cc3ncccc23)CC1. The Hall–Kier alpha value is -2.42. The molecule has 180 valence electrons. The molecule has 1 aliphatic carbocycles. The zero-order valence-electron chi connectivity index (χ0n) is 20.6. The van der Waals surface area contributed by atoms with Crippen molar-refractivity contribution in [3.05, 3.63) is 75.3 Å². The van der Waals surface area contributed by atoms with Crippen LogP contribution in [0.25, 0.3) is 10.9 Å². The van der Waals surface area contributed by atoms with Gasteiger partial charge in [-0.2, -0.15) is 0 Å². The van der Waals surface area contributed by atoms with Gasteiger partial charge in [-0.15, -0.1) is 0 Å². The van der Waals surface area contributed by atoms with Crippen LogP contribution in [0.3, 0.4) is 0 Å². The van der Waals surface area contributed by atoms with E-state index in [2.05, 4.69) is 54.5 Å². The Balaban J connectivity index is 1.40. The van der Waals surface area contributed by atoms with Crippen LogP contribution in [0, 0.1) is 12.3 Å². The van der Waals surface area contributed by atoms with Crippen LogP contribution in [-0.4, -0.2) is 80.5 Å². The van der Waals surface area contributed by atoms with Gasteiger partial charge in [0.25, 0.3) is 0 Å². The second kappa shape index (κ2) is 10.5. The fraction of sp³-hybridized carbons (Fsp3) is 0.321. The van der Waals surface area contributed by atoms with Crippen molar-refractivity contribution >= 4 is 59.5 Å². The van der Waals surface area contributed by atoms with Crippen LogP contribution < -0.4 is 13.4 Å². The third-order valence-corrected chi connectivity index (χ3v) is 11.0. The number of hydrogen-bond acceptors (Lipinski definition) is 5. The van der Waals surface area contributed by atoms with E-state index in [-0.39, 0.29) is 17.2 Å². The van der Waals surface area contributed by atoms with Gasteiger partial charge >= 0.3 is 203 Å². The number of pyridine rings is 1. The van der Waals surface area contributed by atoms with Crippen molar-refractivity contribution < 1.29 is 9.53 Å². The number of aryl methyl sites for hydroxylation is 1. The molecule has 0 spiro atoms. The van der Waals surface area contributed by atoms with Gasteiger partial charge in [-0.3, -0.25) is 0 Å². The van der Waals surface area contributed by atoms with Crippen LogP contribution >= 0.6 is 0 Å². The monoisotopic (exact) mass is 596 g/mol. The molecule has 1 saturated carbocycles. The Labute approximate surface area is 226 Å². The molecule has 36 heavy (non-hydrogen) atoms. The number of benzene rings is 2. The molecule has 1 amide bonds. The van der Waals surface area contributed by atoms with Gasteiger partial charge in [0.15, 0.2) is 0 Å². The average molecular weight is 596 g/mol. The summed E-state index contributed by atoms with van der Waals surface area (Å²) in [5.74, 6) is 0.619. The number of likely N-dealkylation sites (N-methyl/N-ethyl adjacent to an activating group) is 1. The number of likely N-dealkylation sites (tertiary alicyclic amines) is 1. The van der Waals surface area contributed by atoms with Crippen molar-refractivity contribution in [3.63, 3.8) is 0 Å². The minimum atomic E-state index is -1.19. The number of nitrogens with one attached hydrogen (secondary N) is 2. The van der Waals surface area contributed by atoms with Gasteiger partial charge in [-0.05, 0) is 20.0 Å². The molecule has 8 heteroatoms. The van der Waals surface area contributed by atoms with Gasteiger partial charge in [0.2, 0.25) is 0 Å². The summed E-state index contributed by atoms with van der Waals surface area (Å²) in [6, 6.07) is 14.6. The van der Waals surface area contributed by atoms with E-state index >= 15 is 0 Å². The normalized spacial score (nSPS) is 19.5. The molecule has 1 aromatic heterocycles. The van der Waals surface area contributed by atoms with E-state index in [0.29, 0.717) is 17.4 Å². The molecule has 4 radical (unpaired) electrons. The molecular formula is C28H29InN4O2Si. The van der Waals surface area contributed by atoms with Crippen LogP contribution in [-0.2, 0) is 5.54 Å². The Morgan fingerprint density at radius 2 is 2.17 bits per heavy atom. The zero-order chi connectivity index (χ0) is 25.3. The van der Waals surface area contributed by atoms with Gasteiger partial charge in [0.05, 0.1) is 0 Å². The van der Waals surface area contributed by atoms with Crippen molar-refractivity contribution in [2.75, 3.05) is 13.6 Å². The molecular weight excluding hydrogens is 567 g/mol. The van der Waals surface area contributed by atoms with Gasteiger partial charge < -0.3 is 4.90 Å². The molecule has 0 unspecified atom stereocenters. The molecule has 3 aromatic rings. The first-order valence-corrected chi connectivity index (χ1v) is 16.4. The Morgan fingerprint density at radius 1 is 1.33 bits per heavy atom. The van der Waals surface area contributed by atoms with Gasteiger partial charge in [0.1, 0.15) is 0 Å². The summed E-state index contributed by atoms with van der Waals surface area (Å²) < 4.78 is 9.61. The van der Waals surface area contributed by atoms with Crippen molar-refractivity contribution in [1.29, 1.82) is 5.41 Å². The number of carbonyl (C=O) groups is 1. The van der Waals surface area contributed by atoms with E-state index in [9.17, 15) is 4.79 Å². The van der Waals surface area contributed by atoms with Crippen LogP contribution in [0.1, 0.15) is 40.7 Å². The third kappa shape index (κ3) is 5.17. The number of rotatable bonds is 9. The maximum atomic E-state index is 13.6. The first kappa shape index (κ1) is 25.2. The standard InChI is InChI=1S/C25H25N3O2Si.C3H4N.In/c1-16-8-9-17(30-24(31)22-10-14-28(22)2)15-19(16)23(29)27-25(11-12-25)20-6-3-7-21-18(20)5-4-13-26-21;1-2-3-4;/h4-9,13,15,22,24H,10-12,14H2,1-2H3,(H,27,29);1-4H;/t22-,24-;;/m0../s1. The molecule has 6 nitrogen and oxygen atoms in total. The molecule has 2 fully saturated rings. The Bertz CT molecular complexity index is 1340. The fourth-order valence-electron chi connectivity index (χ4n) is 4.85. The Kier molecular flexibility index (Phi) is 7.37. The minimum absolute atomic E-state index is 0.0744. The first-order chi connectivity index (χ1) is 17.4. The van der Waals surface area contributed by atoms with E-state index in [1.165, 1.54) is 9.53 Å². The summed E-state index contributed by atoms with van der Waals surface area (Å²) in [6.07, 6.45) is 7.87. The van der Waals surface area contributed by atoms with E-state index in [1.54, 1.807) is 0 Å². The molecule has 0 bridgehead atoms. The first-order valence-electron chi connectivity index (χ1n) is 12.3. The summed E-state index contributed by atoms with van der Waals surface area (Å²) in [4.78, 5) is 20.5. The number of allylic oxidation sites excluding steroid dienone is 1. The second-order valence-corrected chi connectivity index (χ2v) is 14.3. The van der Waals surface area contributed by atoms with Crippen molar-refractivity contribution in [2.45, 2.75) is 43.5 Å². The van der Waals surface area contributed by atoms with Crippen LogP contribution in [0.4, 0.5) is 0 Å². The molecule has 1 aliphatic heterocycles. The molecule has 5 rings (SSSR count). The second-order valence-electron chi connectivity index (χ2n) is 9.74. The molecule has 1 saturated heterocycles. The zero-order valence-corrected chi connectivity index (χ0v) is 24.9. The number of amides is 1. The van der Waals surface area contributed by atoms with E-state index in [1.807, 2.05) is 43.5 Å². The fourth-order valence-corrected chi connectivity index (χ4v) is 8.15. The number of fused-ring (bicyclic) bond motifs is 1. The average Bonchev–Trinajstić information content (AvgIpc) is 3.64. The summed E-state index contributed by atoms with van der Waals surface area (Å²) >= 11 is -1.19. The predicted octanol–water partition coefficient (Wildman–Crippen LogP) is 3.03. The van der Waals surface area contributed by atoms with Crippen molar-refractivity contribution in [1.82, 2.24) is 15.2 Å². The topological polar surface area (TPSA) is 78.3 Å². The molecule has 2 heterocycles. The van der Waals surface area contributed by atoms with Gasteiger partial charge in [-0.1, -0.05) is 0 Å². The van der Waals surface area contributed by atoms with Crippen molar-refractivity contribution in [2.24, 2.45) is 0 Å². The van der Waals surface area contributed by atoms with Crippen LogP contribution in [0.2, 0.25) is 0 Å². The summed E-state index contributed by atoms with van der Waals surface area (Å²) in [5.41, 5.74) is 3.20. The van der Waals surface area contributed by atoms with Gasteiger partial charge in [0, 0.05) is 0 Å². The summed E-state index contributed by atoms with van der Waals surface area (Å²) in [5, 5.41) is 11.7. The van der Waals surface area contributed by atoms with Gasteiger partial charge in [-0.25, -0.2) is 0 Å². The number of nitrogens with zero attached hydrogens (tertiary/aromatic N) is 2. The summed E-state index contributed by atoms with van der Waals surface area (Å²) in [7, 11) is 5.82. The quantitative estimate of drug-likeness (QED) is 0.294. The number of carbonyl (C=O) groups excluding carboxylic acids is 1. The maximum absolute atomic E-state index is 13.6. The predicted molar refractivity (Wildman–Crippen MR) is 146 cm³/mol. The molecule has 2 aliphatic rings. The van der Waals surface area contributed by atoms with E-state index < -0.39 is 22.9 Å². The molecule has 2 aromatic carbocycles. The van der Waals surface area contributed by atoms with Crippen LogP contribution in [0.5, 0.6) is 5.75 Å². The van der Waals surface area contributed by atoms with E-state index in [4.69, 9.17) is 10.1 Å². The Morgan fingerprint density at radius 3 is 2.86 bits per heavy atom. The molecule has 2 N–H and O–H groups in total. The number of ether oxygens (including phenoxy) is 1. The summed E-state index contributed by atoms with van der Waals surface area (Å²) in [6.45, 7) is 3.04.